The van der Waals surface area contributed by atoms with Gasteiger partial charge >= 0.3 is 0 Å². The number of ether oxygens (including phenoxy) is 1. The lowest BCUT2D eigenvalue weighted by Crippen LogP contribution is -2.77. The second kappa shape index (κ2) is 5.13. The van der Waals surface area contributed by atoms with E-state index in [1.165, 1.54) is 36.9 Å². The Labute approximate surface area is 173 Å². The maximum atomic E-state index is 11.1. The van der Waals surface area contributed by atoms with E-state index in [0.717, 1.165) is 43.9 Å². The van der Waals surface area contributed by atoms with E-state index < -0.39 is 5.60 Å². The number of aromatic hydroxyl groups is 1. The Morgan fingerprint density at radius 2 is 2.03 bits per heavy atom. The molecule has 29 heavy (non-hydrogen) atoms. The number of fused-ring (bicyclic) bond motifs is 2. The molecule has 4 heteroatoms. The number of hydrogen-bond donors (Lipinski definition) is 2. The van der Waals surface area contributed by atoms with Crippen LogP contribution >= 0.6 is 0 Å². The van der Waals surface area contributed by atoms with Gasteiger partial charge in [-0.2, -0.15) is 0 Å². The number of nitrogens with zero attached hydrogens (tertiary/aromatic N) is 1. The van der Waals surface area contributed by atoms with E-state index in [0.29, 0.717) is 17.7 Å². The summed E-state index contributed by atoms with van der Waals surface area (Å²) in [7, 11) is 0. The van der Waals surface area contributed by atoms with Crippen LogP contribution in [0.3, 0.4) is 0 Å². The van der Waals surface area contributed by atoms with Crippen molar-refractivity contribution in [2.24, 2.45) is 23.2 Å². The third-order valence-electron chi connectivity index (χ3n) is 10.1. The molecule has 7 aliphatic rings. The minimum Gasteiger partial charge on any atom is -0.504 e. The molecule has 4 bridgehead atoms. The zero-order valence-corrected chi connectivity index (χ0v) is 17.7. The van der Waals surface area contributed by atoms with Crippen molar-refractivity contribution in [3.63, 3.8) is 0 Å². The second-order valence-electron chi connectivity index (χ2n) is 11.7. The summed E-state index contributed by atoms with van der Waals surface area (Å²) >= 11 is 0. The first kappa shape index (κ1) is 17.4. The van der Waals surface area contributed by atoms with Crippen molar-refractivity contribution < 1.29 is 14.9 Å². The van der Waals surface area contributed by atoms with Crippen LogP contribution in [0.2, 0.25) is 0 Å². The first-order valence-electron chi connectivity index (χ1n) is 11.8. The number of piperidine rings is 1. The average molecular weight is 396 g/mol. The Balaban J connectivity index is 1.46. The molecule has 4 saturated carbocycles. The highest BCUT2D eigenvalue weighted by molar-refractivity contribution is 5.62. The summed E-state index contributed by atoms with van der Waals surface area (Å²) in [5.41, 5.74) is 2.32. The standard InChI is InChI=1S/C25H33NO3/c1-23(2,28)17-12-24-8-7-16(17)22-25(24)9-10-26(13-14-3-4-14)19(24)11-15-5-6-18(27)21(29-22)20(15)25/h5-6,14,16-17,19,22,27-28H,3-4,7-13H2,1-2H3/t16-,17?,19?,22?,24+,25?/m0/s1. The third kappa shape index (κ3) is 1.90. The number of aliphatic hydroxyl groups is 1. The molecule has 4 nitrogen and oxygen atoms in total. The molecule has 0 amide bonds. The molecule has 6 atom stereocenters. The second-order valence-corrected chi connectivity index (χ2v) is 11.7. The van der Waals surface area contributed by atoms with Gasteiger partial charge in [-0.05, 0) is 88.8 Å². The van der Waals surface area contributed by atoms with Crippen LogP contribution in [0.25, 0.3) is 0 Å². The number of benzene rings is 1. The summed E-state index contributed by atoms with van der Waals surface area (Å²) < 4.78 is 6.71. The molecule has 0 radical (unpaired) electrons. The van der Waals surface area contributed by atoms with Gasteiger partial charge in [0.05, 0.1) is 5.60 Å². The Bertz CT molecular complexity index is 902. The maximum Gasteiger partial charge on any atom is 0.165 e. The minimum atomic E-state index is -0.685. The van der Waals surface area contributed by atoms with Gasteiger partial charge in [0.2, 0.25) is 0 Å². The molecule has 1 aromatic carbocycles. The predicted octanol–water partition coefficient (Wildman–Crippen LogP) is 3.62. The van der Waals surface area contributed by atoms with E-state index in [2.05, 4.69) is 11.0 Å². The molecule has 2 heterocycles. The SMILES string of the molecule is CC(C)(O)C1C[C@@]23CC[C@@H]1C1Oc4c(O)ccc5c4C12CCN(CC1CC1)C3C5. The normalized spacial score (nSPS) is 44.5. The fraction of sp³-hybridized carbons (Fsp3) is 0.760. The van der Waals surface area contributed by atoms with E-state index in [1.54, 1.807) is 0 Å². The van der Waals surface area contributed by atoms with Crippen molar-refractivity contribution in [1.29, 1.82) is 0 Å². The summed E-state index contributed by atoms with van der Waals surface area (Å²) in [4.78, 5) is 2.83. The van der Waals surface area contributed by atoms with Crippen LogP contribution in [0.4, 0.5) is 0 Å². The van der Waals surface area contributed by atoms with Crippen LogP contribution in [0.5, 0.6) is 11.5 Å². The first-order chi connectivity index (χ1) is 13.8. The number of hydrogen-bond acceptors (Lipinski definition) is 4. The Morgan fingerprint density at radius 1 is 1.21 bits per heavy atom. The molecular formula is C25H33NO3. The fourth-order valence-corrected chi connectivity index (χ4v) is 8.88. The number of phenols is 1. The Kier molecular flexibility index (Phi) is 3.08. The molecule has 5 aliphatic carbocycles. The van der Waals surface area contributed by atoms with Gasteiger partial charge in [-0.25, -0.2) is 0 Å². The molecule has 156 valence electrons. The monoisotopic (exact) mass is 395 g/mol. The number of phenolic OH excluding ortho intramolecular Hbond substituents is 1. The fourth-order valence-electron chi connectivity index (χ4n) is 8.88. The van der Waals surface area contributed by atoms with Crippen molar-refractivity contribution in [1.82, 2.24) is 4.90 Å². The Hall–Kier alpha value is -1.26. The third-order valence-corrected chi connectivity index (χ3v) is 10.1. The van der Waals surface area contributed by atoms with Gasteiger partial charge in [0.1, 0.15) is 6.10 Å². The summed E-state index contributed by atoms with van der Waals surface area (Å²) in [5.74, 6) is 2.66. The predicted molar refractivity (Wildman–Crippen MR) is 110 cm³/mol. The van der Waals surface area contributed by atoms with Gasteiger partial charge in [0, 0.05) is 34.9 Å². The highest BCUT2D eigenvalue weighted by Gasteiger charge is 2.77. The molecule has 8 rings (SSSR count). The summed E-state index contributed by atoms with van der Waals surface area (Å²) in [6.07, 6.45) is 8.67. The molecule has 1 saturated heterocycles. The van der Waals surface area contributed by atoms with E-state index in [9.17, 15) is 10.2 Å². The lowest BCUT2D eigenvalue weighted by molar-refractivity contribution is -0.225. The van der Waals surface area contributed by atoms with E-state index in [4.69, 9.17) is 4.74 Å². The van der Waals surface area contributed by atoms with Crippen LogP contribution in [0.15, 0.2) is 12.1 Å². The zero-order chi connectivity index (χ0) is 19.8. The number of likely N-dealkylation sites (tertiary alicyclic amines) is 1. The van der Waals surface area contributed by atoms with Crippen LogP contribution in [0, 0.1) is 23.2 Å². The number of rotatable bonds is 3. The van der Waals surface area contributed by atoms with Crippen molar-refractivity contribution in [2.75, 3.05) is 13.1 Å². The van der Waals surface area contributed by atoms with Crippen LogP contribution in [-0.2, 0) is 11.8 Å². The molecule has 2 spiro atoms. The zero-order valence-electron chi connectivity index (χ0n) is 17.7. The topological polar surface area (TPSA) is 52.9 Å². The van der Waals surface area contributed by atoms with Crippen molar-refractivity contribution in [3.05, 3.63) is 23.3 Å². The molecule has 2 aliphatic heterocycles. The van der Waals surface area contributed by atoms with E-state index in [-0.39, 0.29) is 22.9 Å². The lowest BCUT2D eigenvalue weighted by atomic mass is 9.35. The van der Waals surface area contributed by atoms with E-state index in [1.807, 2.05) is 19.9 Å². The molecule has 0 aromatic heterocycles. The van der Waals surface area contributed by atoms with Gasteiger partial charge in [-0.15, -0.1) is 0 Å². The van der Waals surface area contributed by atoms with Crippen molar-refractivity contribution in [2.45, 2.75) is 82.0 Å². The molecule has 4 unspecified atom stereocenters. The largest absolute Gasteiger partial charge is 0.504 e. The van der Waals surface area contributed by atoms with Crippen LogP contribution in [0.1, 0.15) is 63.5 Å². The lowest BCUT2D eigenvalue weighted by Gasteiger charge is -2.72. The highest BCUT2D eigenvalue weighted by Crippen LogP contribution is 2.76. The van der Waals surface area contributed by atoms with Crippen LogP contribution in [-0.4, -0.2) is 45.9 Å². The van der Waals surface area contributed by atoms with Gasteiger partial charge in [-0.3, -0.25) is 4.90 Å². The molecular weight excluding hydrogens is 362 g/mol. The summed E-state index contributed by atoms with van der Waals surface area (Å²) in [5, 5.41) is 21.9. The van der Waals surface area contributed by atoms with Gasteiger partial charge in [-0.1, -0.05) is 6.07 Å². The van der Waals surface area contributed by atoms with Gasteiger partial charge in [0.25, 0.3) is 0 Å². The summed E-state index contributed by atoms with van der Waals surface area (Å²) in [6.45, 7) is 6.43. The average Bonchev–Trinajstić information content (AvgIpc) is 3.42. The van der Waals surface area contributed by atoms with E-state index >= 15 is 0 Å². The smallest absolute Gasteiger partial charge is 0.165 e. The quantitative estimate of drug-likeness (QED) is 0.821. The van der Waals surface area contributed by atoms with Gasteiger partial charge < -0.3 is 14.9 Å². The highest BCUT2D eigenvalue weighted by atomic mass is 16.5. The van der Waals surface area contributed by atoms with Crippen LogP contribution < -0.4 is 4.74 Å². The molecule has 2 N–H and O–H groups in total. The summed E-state index contributed by atoms with van der Waals surface area (Å²) in [6, 6.07) is 4.59. The van der Waals surface area contributed by atoms with Gasteiger partial charge in [0.15, 0.2) is 11.5 Å². The Morgan fingerprint density at radius 3 is 2.79 bits per heavy atom. The maximum absolute atomic E-state index is 11.1. The van der Waals surface area contributed by atoms with Crippen molar-refractivity contribution in [3.8, 4) is 11.5 Å². The molecule has 5 fully saturated rings. The minimum absolute atomic E-state index is 0.0457. The first-order valence-corrected chi connectivity index (χ1v) is 11.8. The van der Waals surface area contributed by atoms with Crippen molar-refractivity contribution >= 4 is 0 Å². The molecule has 1 aromatic rings.